The number of pyridine rings is 1. The number of nitrogens with zero attached hydrogens (tertiary/aromatic N) is 4. The van der Waals surface area contributed by atoms with E-state index in [1.165, 1.54) is 17.7 Å². The SMILES string of the molecule is C[C@H]1C[C@@H](c2cccnc2)N(Cc2cncn2C)C1. The van der Waals surface area contributed by atoms with Crippen LogP contribution in [0.15, 0.2) is 37.1 Å². The van der Waals surface area contributed by atoms with Crippen LogP contribution in [-0.4, -0.2) is 26.0 Å². The number of aryl methyl sites for hydroxylation is 1. The Labute approximate surface area is 114 Å². The molecule has 2 aromatic heterocycles. The number of aromatic nitrogens is 3. The highest BCUT2D eigenvalue weighted by Crippen LogP contribution is 2.35. The van der Waals surface area contributed by atoms with Crippen LogP contribution in [0.5, 0.6) is 0 Å². The summed E-state index contributed by atoms with van der Waals surface area (Å²) in [6.07, 6.45) is 8.88. The van der Waals surface area contributed by atoms with Crippen LogP contribution in [0.25, 0.3) is 0 Å². The smallest absolute Gasteiger partial charge is 0.0945 e. The lowest BCUT2D eigenvalue weighted by atomic mass is 10.0. The molecule has 0 aromatic carbocycles. The molecule has 0 bridgehead atoms. The minimum Gasteiger partial charge on any atom is -0.337 e. The molecule has 4 nitrogen and oxygen atoms in total. The topological polar surface area (TPSA) is 34.0 Å². The Balaban J connectivity index is 1.81. The molecule has 1 aliphatic heterocycles. The minimum absolute atomic E-state index is 0.485. The molecule has 1 fully saturated rings. The Bertz CT molecular complexity index is 534. The zero-order valence-electron chi connectivity index (χ0n) is 11.5. The van der Waals surface area contributed by atoms with Crippen LogP contribution in [0.1, 0.15) is 30.6 Å². The Morgan fingerprint density at radius 1 is 1.32 bits per heavy atom. The number of hydrogen-bond acceptors (Lipinski definition) is 3. The summed E-state index contributed by atoms with van der Waals surface area (Å²) in [4.78, 5) is 11.0. The largest absolute Gasteiger partial charge is 0.337 e. The van der Waals surface area contributed by atoms with Gasteiger partial charge < -0.3 is 4.57 Å². The van der Waals surface area contributed by atoms with E-state index in [1.807, 2.05) is 31.0 Å². The number of likely N-dealkylation sites (tertiary alicyclic amines) is 1. The molecule has 3 rings (SSSR count). The van der Waals surface area contributed by atoms with Gasteiger partial charge in [0, 0.05) is 44.8 Å². The summed E-state index contributed by atoms with van der Waals surface area (Å²) in [6.45, 7) is 4.43. The third-order valence-electron chi connectivity index (χ3n) is 3.96. The highest BCUT2D eigenvalue weighted by atomic mass is 15.2. The third-order valence-corrected chi connectivity index (χ3v) is 3.96. The second kappa shape index (κ2) is 5.13. The first-order chi connectivity index (χ1) is 9.24. The molecule has 0 radical (unpaired) electrons. The number of imidazole rings is 1. The van der Waals surface area contributed by atoms with Crippen molar-refractivity contribution in [1.82, 2.24) is 19.4 Å². The number of hydrogen-bond donors (Lipinski definition) is 0. The summed E-state index contributed by atoms with van der Waals surface area (Å²) in [5.74, 6) is 0.735. The molecule has 2 atom stereocenters. The van der Waals surface area contributed by atoms with Crippen molar-refractivity contribution in [3.63, 3.8) is 0 Å². The zero-order chi connectivity index (χ0) is 13.2. The molecular formula is C15H20N4. The summed E-state index contributed by atoms with van der Waals surface area (Å²) in [5, 5.41) is 0. The van der Waals surface area contributed by atoms with Gasteiger partial charge in [-0.3, -0.25) is 9.88 Å². The Kier molecular flexibility index (Phi) is 3.34. The van der Waals surface area contributed by atoms with Crippen molar-refractivity contribution in [2.24, 2.45) is 13.0 Å². The van der Waals surface area contributed by atoms with Crippen LogP contribution in [-0.2, 0) is 13.6 Å². The second-order valence-electron chi connectivity index (χ2n) is 5.57. The maximum atomic E-state index is 4.26. The monoisotopic (exact) mass is 256 g/mol. The van der Waals surface area contributed by atoms with E-state index in [1.54, 1.807) is 0 Å². The normalized spacial score (nSPS) is 23.9. The Morgan fingerprint density at radius 2 is 2.21 bits per heavy atom. The fourth-order valence-electron chi connectivity index (χ4n) is 2.97. The van der Waals surface area contributed by atoms with E-state index < -0.39 is 0 Å². The van der Waals surface area contributed by atoms with Crippen LogP contribution in [0.2, 0.25) is 0 Å². The van der Waals surface area contributed by atoms with Crippen molar-refractivity contribution in [2.75, 3.05) is 6.54 Å². The van der Waals surface area contributed by atoms with Gasteiger partial charge in [-0.05, 0) is 24.0 Å². The van der Waals surface area contributed by atoms with Gasteiger partial charge in [-0.1, -0.05) is 13.0 Å². The van der Waals surface area contributed by atoms with Gasteiger partial charge in [0.05, 0.1) is 12.0 Å². The summed E-state index contributed by atoms with van der Waals surface area (Å²) in [5.41, 5.74) is 2.59. The summed E-state index contributed by atoms with van der Waals surface area (Å²) in [6, 6.07) is 4.70. The Morgan fingerprint density at radius 3 is 2.89 bits per heavy atom. The van der Waals surface area contributed by atoms with E-state index in [2.05, 4.69) is 39.5 Å². The molecule has 19 heavy (non-hydrogen) atoms. The molecule has 0 unspecified atom stereocenters. The molecule has 100 valence electrons. The van der Waals surface area contributed by atoms with E-state index in [0.29, 0.717) is 6.04 Å². The van der Waals surface area contributed by atoms with E-state index in [9.17, 15) is 0 Å². The predicted molar refractivity (Wildman–Crippen MR) is 74.4 cm³/mol. The fourth-order valence-corrected chi connectivity index (χ4v) is 2.97. The lowest BCUT2D eigenvalue weighted by molar-refractivity contribution is 0.240. The van der Waals surface area contributed by atoms with Crippen molar-refractivity contribution in [3.05, 3.63) is 48.3 Å². The molecule has 4 heteroatoms. The quantitative estimate of drug-likeness (QED) is 0.845. The summed E-state index contributed by atoms with van der Waals surface area (Å²) < 4.78 is 2.10. The van der Waals surface area contributed by atoms with Crippen molar-refractivity contribution >= 4 is 0 Å². The fraction of sp³-hybridized carbons (Fsp3) is 0.467. The molecule has 1 saturated heterocycles. The second-order valence-corrected chi connectivity index (χ2v) is 5.57. The van der Waals surface area contributed by atoms with Crippen LogP contribution >= 0.6 is 0 Å². The molecular weight excluding hydrogens is 236 g/mol. The lowest BCUT2D eigenvalue weighted by Crippen LogP contribution is -2.24. The van der Waals surface area contributed by atoms with Gasteiger partial charge in [-0.25, -0.2) is 4.98 Å². The molecule has 0 amide bonds. The van der Waals surface area contributed by atoms with E-state index in [-0.39, 0.29) is 0 Å². The van der Waals surface area contributed by atoms with Crippen molar-refractivity contribution in [3.8, 4) is 0 Å². The highest BCUT2D eigenvalue weighted by molar-refractivity contribution is 5.16. The van der Waals surface area contributed by atoms with E-state index >= 15 is 0 Å². The number of rotatable bonds is 3. The van der Waals surface area contributed by atoms with Gasteiger partial charge in [0.15, 0.2) is 0 Å². The molecule has 0 aliphatic carbocycles. The van der Waals surface area contributed by atoms with Crippen molar-refractivity contribution in [2.45, 2.75) is 25.9 Å². The van der Waals surface area contributed by atoms with Crippen LogP contribution in [0.3, 0.4) is 0 Å². The van der Waals surface area contributed by atoms with Crippen LogP contribution in [0.4, 0.5) is 0 Å². The van der Waals surface area contributed by atoms with Gasteiger partial charge in [-0.15, -0.1) is 0 Å². The summed E-state index contributed by atoms with van der Waals surface area (Å²) >= 11 is 0. The lowest BCUT2D eigenvalue weighted by Gasteiger charge is -2.24. The van der Waals surface area contributed by atoms with Gasteiger partial charge >= 0.3 is 0 Å². The highest BCUT2D eigenvalue weighted by Gasteiger charge is 2.31. The first-order valence-corrected chi connectivity index (χ1v) is 6.83. The molecule has 0 saturated carbocycles. The van der Waals surface area contributed by atoms with Crippen molar-refractivity contribution in [1.29, 1.82) is 0 Å². The van der Waals surface area contributed by atoms with Gasteiger partial charge in [0.2, 0.25) is 0 Å². The third kappa shape index (κ3) is 2.54. The van der Waals surface area contributed by atoms with Gasteiger partial charge in [0.1, 0.15) is 0 Å². The van der Waals surface area contributed by atoms with E-state index in [0.717, 1.165) is 19.0 Å². The molecule has 3 heterocycles. The molecule has 1 aliphatic rings. The average molecular weight is 256 g/mol. The van der Waals surface area contributed by atoms with E-state index in [4.69, 9.17) is 0 Å². The van der Waals surface area contributed by atoms with Gasteiger partial charge in [0.25, 0.3) is 0 Å². The van der Waals surface area contributed by atoms with Crippen LogP contribution < -0.4 is 0 Å². The van der Waals surface area contributed by atoms with Crippen LogP contribution in [0, 0.1) is 5.92 Å². The maximum Gasteiger partial charge on any atom is 0.0945 e. The average Bonchev–Trinajstić information content (AvgIpc) is 2.98. The zero-order valence-corrected chi connectivity index (χ0v) is 11.5. The van der Waals surface area contributed by atoms with Gasteiger partial charge in [-0.2, -0.15) is 0 Å². The van der Waals surface area contributed by atoms with Crippen molar-refractivity contribution < 1.29 is 0 Å². The maximum absolute atomic E-state index is 4.26. The minimum atomic E-state index is 0.485. The first kappa shape index (κ1) is 12.4. The standard InChI is InChI=1S/C15H20N4/c1-12-6-15(13-4-3-5-16-7-13)19(9-12)10-14-8-17-11-18(14)2/h3-5,7-8,11-12,15H,6,9-10H2,1-2H3/t12-,15-/m0/s1. The first-order valence-electron chi connectivity index (χ1n) is 6.83. The summed E-state index contributed by atoms with van der Waals surface area (Å²) in [7, 11) is 2.06. The molecule has 0 N–H and O–H groups in total. The Hall–Kier alpha value is -1.68. The molecule has 2 aromatic rings. The molecule has 0 spiro atoms. The predicted octanol–water partition coefficient (Wildman–Crippen LogP) is 2.40.